The molecule has 0 spiro atoms. The third-order valence-electron chi connectivity index (χ3n) is 4.36. The normalized spacial score (nSPS) is 10.5. The number of benzene rings is 2. The molecule has 0 aliphatic rings. The molecule has 0 unspecified atom stereocenters. The van der Waals surface area contributed by atoms with E-state index in [9.17, 15) is 4.79 Å². The Morgan fingerprint density at radius 3 is 2.31 bits per heavy atom. The van der Waals surface area contributed by atoms with Crippen LogP contribution in [0.25, 0.3) is 0 Å². The fourth-order valence-corrected chi connectivity index (χ4v) is 2.93. The van der Waals surface area contributed by atoms with Crippen molar-refractivity contribution in [2.24, 2.45) is 0 Å². The minimum Gasteiger partial charge on any atom is -0.497 e. The van der Waals surface area contributed by atoms with Crippen LogP contribution in [0, 0.1) is 0 Å². The molecule has 0 saturated carbocycles. The fraction of sp³-hybridized carbons (Fsp3) is 0.381. The maximum atomic E-state index is 12.4. The Morgan fingerprint density at radius 2 is 1.77 bits per heavy atom. The molecule has 0 aliphatic heterocycles. The Hall–Kier alpha value is -2.69. The Morgan fingerprint density at radius 1 is 1.08 bits per heavy atom. The zero-order chi connectivity index (χ0) is 19.1. The van der Waals surface area contributed by atoms with E-state index in [1.807, 2.05) is 42.5 Å². The van der Waals surface area contributed by atoms with E-state index in [1.165, 1.54) is 0 Å². The SMILES string of the molecule is CCN(c1ccc(C(=O)NCc2ccc(OC)cc2OC)cc1)C(C)C. The van der Waals surface area contributed by atoms with Crippen LogP contribution in [0.15, 0.2) is 42.5 Å². The van der Waals surface area contributed by atoms with E-state index < -0.39 is 0 Å². The summed E-state index contributed by atoms with van der Waals surface area (Å²) in [5, 5.41) is 2.94. The number of nitrogens with zero attached hydrogens (tertiary/aromatic N) is 1. The van der Waals surface area contributed by atoms with Gasteiger partial charge in [0.25, 0.3) is 5.91 Å². The molecule has 0 fully saturated rings. The average Bonchev–Trinajstić information content (AvgIpc) is 2.66. The third kappa shape index (κ3) is 4.69. The molecule has 1 amide bonds. The highest BCUT2D eigenvalue weighted by Gasteiger charge is 2.11. The largest absolute Gasteiger partial charge is 0.497 e. The second-order valence-corrected chi connectivity index (χ2v) is 6.29. The van der Waals surface area contributed by atoms with Crippen LogP contribution in [0.3, 0.4) is 0 Å². The number of hydrogen-bond donors (Lipinski definition) is 1. The van der Waals surface area contributed by atoms with Gasteiger partial charge in [0.1, 0.15) is 11.5 Å². The summed E-state index contributed by atoms with van der Waals surface area (Å²) in [5.41, 5.74) is 2.66. The van der Waals surface area contributed by atoms with Crippen molar-refractivity contribution >= 4 is 11.6 Å². The van der Waals surface area contributed by atoms with Gasteiger partial charge in [0.15, 0.2) is 0 Å². The molecule has 0 bridgehead atoms. The summed E-state index contributed by atoms with van der Waals surface area (Å²) in [6, 6.07) is 13.7. The number of anilines is 1. The van der Waals surface area contributed by atoms with Gasteiger partial charge < -0.3 is 19.7 Å². The van der Waals surface area contributed by atoms with Gasteiger partial charge in [0.05, 0.1) is 14.2 Å². The topological polar surface area (TPSA) is 50.8 Å². The summed E-state index contributed by atoms with van der Waals surface area (Å²) in [6.45, 7) is 7.77. The van der Waals surface area contributed by atoms with Crippen LogP contribution in [0.4, 0.5) is 5.69 Å². The molecule has 1 N–H and O–H groups in total. The number of carbonyl (C=O) groups excluding carboxylic acids is 1. The van der Waals surface area contributed by atoms with Gasteiger partial charge >= 0.3 is 0 Å². The van der Waals surface area contributed by atoms with Gasteiger partial charge in [-0.1, -0.05) is 0 Å². The van der Waals surface area contributed by atoms with Crippen LogP contribution in [0.5, 0.6) is 11.5 Å². The van der Waals surface area contributed by atoms with Gasteiger partial charge in [-0.3, -0.25) is 4.79 Å². The zero-order valence-corrected chi connectivity index (χ0v) is 16.2. The highest BCUT2D eigenvalue weighted by Crippen LogP contribution is 2.24. The summed E-state index contributed by atoms with van der Waals surface area (Å²) in [4.78, 5) is 14.7. The molecule has 5 heteroatoms. The van der Waals surface area contributed by atoms with Gasteiger partial charge in [-0.25, -0.2) is 0 Å². The van der Waals surface area contributed by atoms with Crippen LogP contribution < -0.4 is 19.7 Å². The highest BCUT2D eigenvalue weighted by molar-refractivity contribution is 5.94. The lowest BCUT2D eigenvalue weighted by atomic mass is 10.1. The number of rotatable bonds is 8. The molecular weight excluding hydrogens is 328 g/mol. The molecular formula is C21H28N2O3. The minimum absolute atomic E-state index is 0.109. The first-order valence-electron chi connectivity index (χ1n) is 8.86. The molecule has 26 heavy (non-hydrogen) atoms. The molecule has 5 nitrogen and oxygen atoms in total. The summed E-state index contributed by atoms with van der Waals surface area (Å²) < 4.78 is 10.6. The van der Waals surface area contributed by atoms with E-state index in [4.69, 9.17) is 9.47 Å². The maximum absolute atomic E-state index is 12.4. The first-order valence-corrected chi connectivity index (χ1v) is 8.86. The molecule has 0 heterocycles. The summed E-state index contributed by atoms with van der Waals surface area (Å²) in [5.74, 6) is 1.30. The molecule has 140 valence electrons. The lowest BCUT2D eigenvalue weighted by Gasteiger charge is -2.27. The molecule has 2 rings (SSSR count). The van der Waals surface area contributed by atoms with Crippen LogP contribution in [0.2, 0.25) is 0 Å². The molecule has 0 saturated heterocycles. The lowest BCUT2D eigenvalue weighted by molar-refractivity contribution is 0.0950. The van der Waals surface area contributed by atoms with Crippen molar-refractivity contribution in [2.45, 2.75) is 33.4 Å². The molecule has 2 aromatic rings. The van der Waals surface area contributed by atoms with Gasteiger partial charge in [-0.2, -0.15) is 0 Å². The van der Waals surface area contributed by atoms with E-state index in [0.717, 1.165) is 23.5 Å². The Balaban J connectivity index is 2.04. The first kappa shape index (κ1) is 19.6. The second kappa shape index (κ2) is 9.13. The molecule has 0 aromatic heterocycles. The number of carbonyl (C=O) groups is 1. The van der Waals surface area contributed by atoms with Crippen LogP contribution in [-0.4, -0.2) is 32.7 Å². The van der Waals surface area contributed by atoms with E-state index in [1.54, 1.807) is 14.2 Å². The Kier molecular flexibility index (Phi) is 6.89. The monoisotopic (exact) mass is 356 g/mol. The molecule has 0 aliphatic carbocycles. The smallest absolute Gasteiger partial charge is 0.251 e. The van der Waals surface area contributed by atoms with Crippen LogP contribution in [-0.2, 0) is 6.54 Å². The van der Waals surface area contributed by atoms with Crippen molar-refractivity contribution in [3.8, 4) is 11.5 Å². The fourth-order valence-electron chi connectivity index (χ4n) is 2.93. The van der Waals surface area contributed by atoms with Crippen molar-refractivity contribution in [1.82, 2.24) is 5.32 Å². The predicted molar refractivity (Wildman–Crippen MR) is 105 cm³/mol. The lowest BCUT2D eigenvalue weighted by Crippen LogP contribution is -2.30. The van der Waals surface area contributed by atoms with Gasteiger partial charge in [-0.05, 0) is 57.2 Å². The zero-order valence-electron chi connectivity index (χ0n) is 16.2. The standard InChI is InChI=1S/C21H28N2O3/c1-6-23(15(2)3)18-10-7-16(8-11-18)21(24)22-14-17-9-12-19(25-4)13-20(17)26-5/h7-13,15H,6,14H2,1-5H3,(H,22,24). The second-order valence-electron chi connectivity index (χ2n) is 6.29. The van der Waals surface area contributed by atoms with Gasteiger partial charge in [0, 0.05) is 42.0 Å². The predicted octanol–water partition coefficient (Wildman–Crippen LogP) is 3.87. The van der Waals surface area contributed by atoms with Gasteiger partial charge in [0.2, 0.25) is 0 Å². The number of hydrogen-bond acceptors (Lipinski definition) is 4. The quantitative estimate of drug-likeness (QED) is 0.780. The summed E-state index contributed by atoms with van der Waals surface area (Å²) in [6.07, 6.45) is 0. The van der Waals surface area contributed by atoms with Crippen LogP contribution in [0.1, 0.15) is 36.7 Å². The van der Waals surface area contributed by atoms with E-state index in [0.29, 0.717) is 23.9 Å². The number of ether oxygens (including phenoxy) is 2. The van der Waals surface area contributed by atoms with Crippen molar-refractivity contribution in [2.75, 3.05) is 25.7 Å². The van der Waals surface area contributed by atoms with Crippen LogP contribution >= 0.6 is 0 Å². The first-order chi connectivity index (χ1) is 12.5. The minimum atomic E-state index is -0.109. The third-order valence-corrected chi connectivity index (χ3v) is 4.36. The van der Waals surface area contributed by atoms with E-state index >= 15 is 0 Å². The Bertz CT molecular complexity index is 727. The number of methoxy groups -OCH3 is 2. The maximum Gasteiger partial charge on any atom is 0.251 e. The van der Waals surface area contributed by atoms with E-state index in [2.05, 4.69) is 31.0 Å². The van der Waals surface area contributed by atoms with E-state index in [-0.39, 0.29) is 5.91 Å². The van der Waals surface area contributed by atoms with Crippen molar-refractivity contribution in [3.63, 3.8) is 0 Å². The molecule has 0 radical (unpaired) electrons. The van der Waals surface area contributed by atoms with Crippen molar-refractivity contribution in [3.05, 3.63) is 53.6 Å². The average molecular weight is 356 g/mol. The molecule has 2 aromatic carbocycles. The van der Waals surface area contributed by atoms with Crippen molar-refractivity contribution < 1.29 is 14.3 Å². The summed E-state index contributed by atoms with van der Waals surface area (Å²) >= 11 is 0. The molecule has 0 atom stereocenters. The van der Waals surface area contributed by atoms with Gasteiger partial charge in [-0.15, -0.1) is 0 Å². The highest BCUT2D eigenvalue weighted by atomic mass is 16.5. The number of amides is 1. The Labute approximate surface area is 155 Å². The summed E-state index contributed by atoms with van der Waals surface area (Å²) in [7, 11) is 3.21. The number of nitrogens with one attached hydrogen (secondary N) is 1. The van der Waals surface area contributed by atoms with Crippen molar-refractivity contribution in [1.29, 1.82) is 0 Å².